The Balaban J connectivity index is 2.06. The molecule has 0 amide bonds. The molecule has 4 heteroatoms. The summed E-state index contributed by atoms with van der Waals surface area (Å²) in [7, 11) is 0. The largest absolute Gasteiger partial charge is 0.355 e. The van der Waals surface area contributed by atoms with Gasteiger partial charge >= 0.3 is 0 Å². The average molecular weight is 223 g/mol. The third-order valence-electron chi connectivity index (χ3n) is 2.80. The minimum atomic E-state index is 0.660. The second kappa shape index (κ2) is 5.35. The lowest BCUT2D eigenvalue weighted by Crippen LogP contribution is -2.25. The van der Waals surface area contributed by atoms with E-state index in [1.54, 1.807) is 0 Å². The Morgan fingerprint density at radius 2 is 1.80 bits per heavy atom. The molecule has 2 heterocycles. The molecule has 0 radical (unpaired) electrons. The normalized spacial score (nSPS) is 17.5. The molecule has 1 aliphatic rings. The summed E-state index contributed by atoms with van der Waals surface area (Å²) in [5.41, 5.74) is 0.942. The van der Waals surface area contributed by atoms with Crippen molar-refractivity contribution >= 4 is 18.4 Å². The zero-order valence-corrected chi connectivity index (χ0v) is 9.79. The number of rotatable bonds is 2. The number of aromatic nitrogens is 2. The quantitative estimate of drug-likeness (QED) is 0.780. The molecule has 1 fully saturated rings. The summed E-state index contributed by atoms with van der Waals surface area (Å²) >= 11 is 4.17. The van der Waals surface area contributed by atoms with Gasteiger partial charge in [-0.3, -0.25) is 0 Å². The molecule has 1 aromatic heterocycles. The van der Waals surface area contributed by atoms with Gasteiger partial charge in [0.25, 0.3) is 0 Å². The number of anilines is 1. The first kappa shape index (κ1) is 10.7. The van der Waals surface area contributed by atoms with Crippen LogP contribution in [0, 0.1) is 0 Å². The van der Waals surface area contributed by atoms with Gasteiger partial charge in [0.15, 0.2) is 5.82 Å². The second-order valence-electron chi connectivity index (χ2n) is 3.94. The van der Waals surface area contributed by atoms with E-state index in [-0.39, 0.29) is 0 Å². The highest BCUT2D eigenvalue weighted by Gasteiger charge is 2.10. The van der Waals surface area contributed by atoms with Gasteiger partial charge in [-0.25, -0.2) is 0 Å². The van der Waals surface area contributed by atoms with Crippen LogP contribution in [0.2, 0.25) is 0 Å². The summed E-state index contributed by atoms with van der Waals surface area (Å²) < 4.78 is 0. The Morgan fingerprint density at radius 1 is 1.07 bits per heavy atom. The van der Waals surface area contributed by atoms with Crippen LogP contribution in [-0.4, -0.2) is 23.3 Å². The van der Waals surface area contributed by atoms with Crippen LogP contribution < -0.4 is 4.90 Å². The highest BCUT2D eigenvalue weighted by atomic mass is 32.1. The first-order valence-corrected chi connectivity index (χ1v) is 6.22. The molecule has 3 nitrogen and oxygen atoms in total. The van der Waals surface area contributed by atoms with Crippen molar-refractivity contribution in [3.8, 4) is 0 Å². The molecular formula is C11H17N3S. The summed E-state index contributed by atoms with van der Waals surface area (Å²) in [6.07, 6.45) is 5.24. The van der Waals surface area contributed by atoms with E-state index in [2.05, 4.69) is 33.8 Å². The lowest BCUT2D eigenvalue weighted by molar-refractivity contribution is 0.726. The molecule has 0 aliphatic carbocycles. The average Bonchev–Trinajstić information content (AvgIpc) is 2.58. The molecule has 82 valence electrons. The van der Waals surface area contributed by atoms with E-state index in [4.69, 9.17) is 0 Å². The van der Waals surface area contributed by atoms with Crippen LogP contribution in [0.5, 0.6) is 0 Å². The van der Waals surface area contributed by atoms with Gasteiger partial charge in [0.1, 0.15) is 0 Å². The first-order chi connectivity index (χ1) is 7.40. The van der Waals surface area contributed by atoms with Crippen molar-refractivity contribution in [1.29, 1.82) is 0 Å². The van der Waals surface area contributed by atoms with Crippen LogP contribution >= 0.6 is 12.6 Å². The van der Waals surface area contributed by atoms with Crippen molar-refractivity contribution in [3.05, 3.63) is 17.8 Å². The summed E-state index contributed by atoms with van der Waals surface area (Å²) in [4.78, 5) is 2.34. The van der Waals surface area contributed by atoms with Gasteiger partial charge < -0.3 is 4.90 Å². The zero-order valence-electron chi connectivity index (χ0n) is 8.89. The summed E-state index contributed by atoms with van der Waals surface area (Å²) in [5.74, 6) is 1.68. The SMILES string of the molecule is SCc1ccc(N2CCCCCC2)nn1. The maximum atomic E-state index is 4.24. The Labute approximate surface area is 96.3 Å². The first-order valence-electron chi connectivity index (χ1n) is 5.58. The van der Waals surface area contributed by atoms with E-state index in [0.717, 1.165) is 24.6 Å². The molecular weight excluding hydrogens is 206 g/mol. The molecule has 2 rings (SSSR count). The van der Waals surface area contributed by atoms with Crippen molar-refractivity contribution in [1.82, 2.24) is 10.2 Å². The van der Waals surface area contributed by atoms with Crippen LogP contribution in [0.3, 0.4) is 0 Å². The molecule has 0 atom stereocenters. The molecule has 1 aromatic rings. The van der Waals surface area contributed by atoms with Crippen molar-refractivity contribution in [3.63, 3.8) is 0 Å². The predicted octanol–water partition coefficient (Wildman–Crippen LogP) is 2.29. The predicted molar refractivity (Wildman–Crippen MR) is 65.4 cm³/mol. The number of nitrogens with zero attached hydrogens (tertiary/aromatic N) is 3. The van der Waals surface area contributed by atoms with E-state index >= 15 is 0 Å². The fourth-order valence-corrected chi connectivity index (χ4v) is 2.07. The van der Waals surface area contributed by atoms with Crippen LogP contribution in [0.15, 0.2) is 12.1 Å². The van der Waals surface area contributed by atoms with Crippen molar-refractivity contribution in [2.24, 2.45) is 0 Å². The minimum absolute atomic E-state index is 0.660. The van der Waals surface area contributed by atoms with Gasteiger partial charge in [-0.05, 0) is 25.0 Å². The Hall–Kier alpha value is -0.770. The molecule has 0 aromatic carbocycles. The van der Waals surface area contributed by atoms with Gasteiger partial charge in [0, 0.05) is 18.8 Å². The van der Waals surface area contributed by atoms with E-state index in [1.165, 1.54) is 25.7 Å². The minimum Gasteiger partial charge on any atom is -0.355 e. The van der Waals surface area contributed by atoms with Crippen LogP contribution in [0.1, 0.15) is 31.4 Å². The van der Waals surface area contributed by atoms with E-state index < -0.39 is 0 Å². The number of hydrogen-bond donors (Lipinski definition) is 1. The van der Waals surface area contributed by atoms with Gasteiger partial charge in [-0.15, -0.1) is 5.10 Å². The molecule has 0 spiro atoms. The maximum Gasteiger partial charge on any atom is 0.151 e. The van der Waals surface area contributed by atoms with Crippen LogP contribution in [0.25, 0.3) is 0 Å². The van der Waals surface area contributed by atoms with Gasteiger partial charge in [-0.2, -0.15) is 17.7 Å². The number of thiol groups is 1. The van der Waals surface area contributed by atoms with Crippen LogP contribution in [0.4, 0.5) is 5.82 Å². The Kier molecular flexibility index (Phi) is 3.83. The summed E-state index contributed by atoms with van der Waals surface area (Å²) in [6.45, 7) is 2.24. The third-order valence-corrected chi connectivity index (χ3v) is 3.12. The lowest BCUT2D eigenvalue weighted by Gasteiger charge is -2.20. The van der Waals surface area contributed by atoms with Gasteiger partial charge in [0.2, 0.25) is 0 Å². The molecule has 1 aliphatic heterocycles. The third kappa shape index (κ3) is 2.84. The van der Waals surface area contributed by atoms with Gasteiger partial charge in [-0.1, -0.05) is 12.8 Å². The molecule has 0 unspecified atom stereocenters. The van der Waals surface area contributed by atoms with Crippen molar-refractivity contribution < 1.29 is 0 Å². The molecule has 0 saturated carbocycles. The van der Waals surface area contributed by atoms with Crippen LogP contribution in [-0.2, 0) is 5.75 Å². The maximum absolute atomic E-state index is 4.24. The summed E-state index contributed by atoms with van der Waals surface area (Å²) in [5, 5.41) is 8.38. The standard InChI is InChI=1S/C11H17N3S/c15-9-10-5-6-11(13-12-10)14-7-3-1-2-4-8-14/h5-6,15H,1-4,7-9H2. The fourth-order valence-electron chi connectivity index (χ4n) is 1.91. The van der Waals surface area contributed by atoms with Gasteiger partial charge in [0.05, 0.1) is 5.69 Å². The molecule has 0 N–H and O–H groups in total. The highest BCUT2D eigenvalue weighted by Crippen LogP contribution is 2.16. The number of hydrogen-bond acceptors (Lipinski definition) is 4. The zero-order chi connectivity index (χ0) is 10.5. The van der Waals surface area contributed by atoms with E-state index in [1.807, 2.05) is 6.07 Å². The smallest absolute Gasteiger partial charge is 0.151 e. The fraction of sp³-hybridized carbons (Fsp3) is 0.636. The topological polar surface area (TPSA) is 29.0 Å². The van der Waals surface area contributed by atoms with E-state index in [9.17, 15) is 0 Å². The van der Waals surface area contributed by atoms with E-state index in [0.29, 0.717) is 5.75 Å². The Bertz CT molecular complexity index is 291. The lowest BCUT2D eigenvalue weighted by atomic mass is 10.2. The van der Waals surface area contributed by atoms with Crippen molar-refractivity contribution in [2.75, 3.05) is 18.0 Å². The highest BCUT2D eigenvalue weighted by molar-refractivity contribution is 7.79. The molecule has 1 saturated heterocycles. The summed E-state index contributed by atoms with van der Waals surface area (Å²) in [6, 6.07) is 4.07. The molecule has 15 heavy (non-hydrogen) atoms. The Morgan fingerprint density at radius 3 is 2.33 bits per heavy atom. The second-order valence-corrected chi connectivity index (χ2v) is 4.26. The molecule has 0 bridgehead atoms. The van der Waals surface area contributed by atoms with Crippen molar-refractivity contribution in [2.45, 2.75) is 31.4 Å². The monoisotopic (exact) mass is 223 g/mol.